The van der Waals surface area contributed by atoms with Gasteiger partial charge in [0.1, 0.15) is 0 Å². The quantitative estimate of drug-likeness (QED) is 0.775. The number of benzene rings is 1. The number of rotatable bonds is 3. The second-order valence-corrected chi connectivity index (χ2v) is 4.34. The minimum absolute atomic E-state index is 0.393. The number of carboxylic acid groups (broad SMARTS) is 1. The number of pyridine rings is 1. The van der Waals surface area contributed by atoms with Crippen molar-refractivity contribution in [1.29, 1.82) is 0 Å². The predicted molar refractivity (Wildman–Crippen MR) is 70.9 cm³/mol. The van der Waals surface area contributed by atoms with Crippen LogP contribution in [0, 0.1) is 0 Å². The van der Waals surface area contributed by atoms with Crippen LogP contribution < -0.4 is 0 Å². The van der Waals surface area contributed by atoms with Gasteiger partial charge >= 0.3 is 5.97 Å². The number of fused-ring (bicyclic) bond motifs is 1. The molecule has 1 aromatic carbocycles. The van der Waals surface area contributed by atoms with Crippen LogP contribution in [0.5, 0.6) is 0 Å². The van der Waals surface area contributed by atoms with E-state index in [4.69, 9.17) is 5.11 Å². The summed E-state index contributed by atoms with van der Waals surface area (Å²) in [6.07, 6.45) is 1.68. The average molecular weight is 269 g/mol. The third-order valence-electron chi connectivity index (χ3n) is 3.09. The molecule has 0 spiro atoms. The van der Waals surface area contributed by atoms with Gasteiger partial charge in [0.15, 0.2) is 11.9 Å². The SMILES string of the molecule is CC(C(=O)O)n1nnnc1-c1cccc2cccnc12. The lowest BCUT2D eigenvalue weighted by Gasteiger charge is -2.09. The van der Waals surface area contributed by atoms with Crippen LogP contribution in [0.2, 0.25) is 0 Å². The van der Waals surface area contributed by atoms with Crippen molar-refractivity contribution in [3.63, 3.8) is 0 Å². The molecule has 0 aliphatic carbocycles. The summed E-state index contributed by atoms with van der Waals surface area (Å²) in [7, 11) is 0. The maximum atomic E-state index is 11.1. The van der Waals surface area contributed by atoms with Crippen LogP contribution in [0.25, 0.3) is 22.3 Å². The predicted octanol–water partition coefficient (Wildman–Crippen LogP) is 1.53. The summed E-state index contributed by atoms with van der Waals surface area (Å²) in [4.78, 5) is 15.4. The molecule has 1 N–H and O–H groups in total. The normalized spacial score (nSPS) is 12.4. The number of carboxylic acids is 1. The Bertz CT molecular complexity index is 778. The summed E-state index contributed by atoms with van der Waals surface area (Å²) in [5.41, 5.74) is 1.45. The van der Waals surface area contributed by atoms with E-state index in [1.165, 1.54) is 11.6 Å². The monoisotopic (exact) mass is 269 g/mol. The molecule has 1 unspecified atom stereocenters. The summed E-state index contributed by atoms with van der Waals surface area (Å²) in [6, 6.07) is 8.55. The molecule has 0 aliphatic heterocycles. The average Bonchev–Trinajstić information content (AvgIpc) is 2.94. The fourth-order valence-corrected chi connectivity index (χ4v) is 2.02. The van der Waals surface area contributed by atoms with Gasteiger partial charge in [0.05, 0.1) is 5.52 Å². The number of carbonyl (C=O) groups is 1. The van der Waals surface area contributed by atoms with Gasteiger partial charge in [-0.1, -0.05) is 18.2 Å². The molecule has 0 fully saturated rings. The van der Waals surface area contributed by atoms with Gasteiger partial charge in [-0.3, -0.25) is 4.98 Å². The first-order valence-electron chi connectivity index (χ1n) is 6.03. The van der Waals surface area contributed by atoms with Gasteiger partial charge in [-0.05, 0) is 29.5 Å². The number of tetrazole rings is 1. The first-order valence-corrected chi connectivity index (χ1v) is 6.03. The van der Waals surface area contributed by atoms with Gasteiger partial charge < -0.3 is 5.11 Å². The van der Waals surface area contributed by atoms with Gasteiger partial charge in [0.25, 0.3) is 0 Å². The van der Waals surface area contributed by atoms with Crippen LogP contribution in [0.4, 0.5) is 0 Å². The van der Waals surface area contributed by atoms with Crippen molar-refractivity contribution in [3.05, 3.63) is 36.5 Å². The molecular formula is C13H11N5O2. The van der Waals surface area contributed by atoms with E-state index in [0.717, 1.165) is 10.9 Å². The number of nitrogens with zero attached hydrogens (tertiary/aromatic N) is 5. The number of hydrogen-bond donors (Lipinski definition) is 1. The van der Waals surface area contributed by atoms with Crippen LogP contribution in [0.3, 0.4) is 0 Å². The van der Waals surface area contributed by atoms with E-state index in [1.54, 1.807) is 6.20 Å². The van der Waals surface area contributed by atoms with Crippen molar-refractivity contribution in [3.8, 4) is 11.4 Å². The Labute approximate surface area is 113 Å². The van der Waals surface area contributed by atoms with E-state index >= 15 is 0 Å². The second-order valence-electron chi connectivity index (χ2n) is 4.34. The maximum Gasteiger partial charge on any atom is 0.328 e. The molecule has 7 nitrogen and oxygen atoms in total. The second kappa shape index (κ2) is 4.69. The third-order valence-corrected chi connectivity index (χ3v) is 3.09. The fraction of sp³-hybridized carbons (Fsp3) is 0.154. The zero-order valence-corrected chi connectivity index (χ0v) is 10.6. The third kappa shape index (κ3) is 1.89. The van der Waals surface area contributed by atoms with Gasteiger partial charge in [-0.15, -0.1) is 5.10 Å². The zero-order chi connectivity index (χ0) is 14.1. The molecule has 2 aromatic heterocycles. The van der Waals surface area contributed by atoms with E-state index in [2.05, 4.69) is 20.5 Å². The molecule has 3 aromatic rings. The van der Waals surface area contributed by atoms with Crippen LogP contribution in [0.1, 0.15) is 13.0 Å². The number of para-hydroxylation sites is 1. The van der Waals surface area contributed by atoms with Gasteiger partial charge in [-0.25, -0.2) is 9.48 Å². The summed E-state index contributed by atoms with van der Waals surface area (Å²) in [5, 5.41) is 21.3. The lowest BCUT2D eigenvalue weighted by Crippen LogP contribution is -2.18. The minimum Gasteiger partial charge on any atom is -0.480 e. The van der Waals surface area contributed by atoms with Crippen molar-refractivity contribution in [1.82, 2.24) is 25.2 Å². The molecule has 0 saturated heterocycles. The highest BCUT2D eigenvalue weighted by Gasteiger charge is 2.21. The Balaban J connectivity index is 2.22. The highest BCUT2D eigenvalue weighted by molar-refractivity contribution is 5.91. The smallest absolute Gasteiger partial charge is 0.328 e. The zero-order valence-electron chi connectivity index (χ0n) is 10.6. The Morgan fingerprint density at radius 2 is 2.10 bits per heavy atom. The van der Waals surface area contributed by atoms with E-state index in [1.807, 2.05) is 30.3 Å². The molecule has 3 rings (SSSR count). The topological polar surface area (TPSA) is 93.8 Å². The molecule has 0 radical (unpaired) electrons. The Morgan fingerprint density at radius 1 is 1.30 bits per heavy atom. The van der Waals surface area contributed by atoms with Crippen molar-refractivity contribution < 1.29 is 9.90 Å². The van der Waals surface area contributed by atoms with Crippen LogP contribution in [-0.2, 0) is 4.79 Å². The Kier molecular flexibility index (Phi) is 2.86. The molecular weight excluding hydrogens is 258 g/mol. The molecule has 0 amide bonds. The minimum atomic E-state index is -0.994. The van der Waals surface area contributed by atoms with Crippen molar-refractivity contribution in [2.75, 3.05) is 0 Å². The van der Waals surface area contributed by atoms with Crippen LogP contribution in [-0.4, -0.2) is 36.3 Å². The fourth-order valence-electron chi connectivity index (χ4n) is 2.02. The molecule has 7 heteroatoms. The number of aliphatic carboxylic acids is 1. The van der Waals surface area contributed by atoms with Crippen LogP contribution in [0.15, 0.2) is 36.5 Å². The molecule has 1 atom stereocenters. The van der Waals surface area contributed by atoms with E-state index in [-0.39, 0.29) is 0 Å². The molecule has 0 saturated carbocycles. The molecule has 20 heavy (non-hydrogen) atoms. The van der Waals surface area contributed by atoms with Gasteiger partial charge in [0, 0.05) is 17.1 Å². The van der Waals surface area contributed by atoms with E-state index < -0.39 is 12.0 Å². The summed E-state index contributed by atoms with van der Waals surface area (Å²) in [5.74, 6) is -0.601. The highest BCUT2D eigenvalue weighted by atomic mass is 16.4. The van der Waals surface area contributed by atoms with Crippen LogP contribution >= 0.6 is 0 Å². The number of aromatic nitrogens is 5. The van der Waals surface area contributed by atoms with E-state index in [9.17, 15) is 4.79 Å². The van der Waals surface area contributed by atoms with Crippen molar-refractivity contribution in [2.24, 2.45) is 0 Å². The lowest BCUT2D eigenvalue weighted by molar-refractivity contribution is -0.140. The van der Waals surface area contributed by atoms with Crippen molar-refractivity contribution >= 4 is 16.9 Å². The number of hydrogen-bond acceptors (Lipinski definition) is 5. The Hall–Kier alpha value is -2.83. The van der Waals surface area contributed by atoms with Crippen molar-refractivity contribution in [2.45, 2.75) is 13.0 Å². The Morgan fingerprint density at radius 3 is 2.90 bits per heavy atom. The highest BCUT2D eigenvalue weighted by Crippen LogP contribution is 2.26. The molecule has 2 heterocycles. The summed E-state index contributed by atoms with van der Waals surface area (Å²) in [6.45, 7) is 1.53. The summed E-state index contributed by atoms with van der Waals surface area (Å²) < 4.78 is 1.28. The molecule has 0 bridgehead atoms. The van der Waals surface area contributed by atoms with Gasteiger partial charge in [0.2, 0.25) is 0 Å². The first-order chi connectivity index (χ1) is 9.68. The standard InChI is InChI=1S/C13H11N5O2/c1-8(13(19)20)18-12(15-16-17-18)10-6-2-4-9-5-3-7-14-11(9)10/h2-8H,1H3,(H,19,20). The maximum absolute atomic E-state index is 11.1. The molecule has 0 aliphatic rings. The largest absolute Gasteiger partial charge is 0.480 e. The lowest BCUT2D eigenvalue weighted by atomic mass is 10.1. The summed E-state index contributed by atoms with van der Waals surface area (Å²) >= 11 is 0. The first kappa shape index (κ1) is 12.2. The molecule has 100 valence electrons. The van der Waals surface area contributed by atoms with E-state index in [0.29, 0.717) is 11.4 Å². The van der Waals surface area contributed by atoms with Gasteiger partial charge in [-0.2, -0.15) is 0 Å².